The molecule has 2 nitrogen and oxygen atoms in total. The molecule has 0 saturated carbocycles. The van der Waals surface area contributed by atoms with Gasteiger partial charge in [0.2, 0.25) is 0 Å². The molecule has 102 valence electrons. The lowest BCUT2D eigenvalue weighted by Gasteiger charge is -2.08. The first kappa shape index (κ1) is 14.0. The Hall–Kier alpha value is -1.47. The fraction of sp³-hybridized carbons (Fsp3) is 0.250. The minimum atomic E-state index is -4.69. The zero-order chi connectivity index (χ0) is 14.2. The van der Waals surface area contributed by atoms with Crippen LogP contribution >= 0.6 is 11.3 Å². The molecule has 0 fully saturated rings. The summed E-state index contributed by atoms with van der Waals surface area (Å²) in [4.78, 5) is 5.00. The number of rotatable bonds is 2. The summed E-state index contributed by atoms with van der Waals surface area (Å²) in [6.45, 7) is 2.05. The Balaban J connectivity index is 2.44. The molecule has 0 unspecified atom stereocenters. The molecule has 0 bridgehead atoms. The maximum Gasteiger partial charge on any atom is 0.419 e. The highest BCUT2D eigenvalue weighted by Gasteiger charge is 2.34. The first-order valence-corrected chi connectivity index (χ1v) is 6.18. The molecule has 2 aromatic rings. The number of hydrogen-bond donors (Lipinski definition) is 1. The van der Waals surface area contributed by atoms with E-state index in [1.165, 1.54) is 17.4 Å². The van der Waals surface area contributed by atoms with E-state index < -0.39 is 17.6 Å². The van der Waals surface area contributed by atoms with Crippen molar-refractivity contribution in [1.29, 1.82) is 0 Å². The summed E-state index contributed by atoms with van der Waals surface area (Å²) in [5, 5.41) is 0.463. The molecule has 0 aliphatic carbocycles. The molecule has 0 atom stereocenters. The normalized spacial score (nSPS) is 11.9. The van der Waals surface area contributed by atoms with Crippen LogP contribution in [0.1, 0.15) is 16.1 Å². The highest BCUT2D eigenvalue weighted by atomic mass is 32.1. The van der Waals surface area contributed by atoms with Crippen LogP contribution in [-0.2, 0) is 12.7 Å². The minimum Gasteiger partial charge on any atom is -0.326 e. The Bertz CT molecular complexity index is 604. The Kier molecular flexibility index (Phi) is 3.60. The van der Waals surface area contributed by atoms with Gasteiger partial charge >= 0.3 is 6.18 Å². The van der Waals surface area contributed by atoms with E-state index >= 15 is 0 Å². The van der Waals surface area contributed by atoms with Gasteiger partial charge < -0.3 is 5.73 Å². The topological polar surface area (TPSA) is 38.9 Å². The lowest BCUT2D eigenvalue weighted by atomic mass is 10.1. The van der Waals surface area contributed by atoms with E-state index in [-0.39, 0.29) is 0 Å². The van der Waals surface area contributed by atoms with Crippen LogP contribution in [0.2, 0.25) is 0 Å². The standard InChI is InChI=1S/C12H10F4N2S/c1-6-10(5-17)19-11(18-6)7-2-3-8(9(13)4-7)12(14,15)16/h2-4H,5,17H2,1H3. The molecule has 1 aromatic heterocycles. The Labute approximate surface area is 110 Å². The van der Waals surface area contributed by atoms with Gasteiger partial charge in [-0.1, -0.05) is 6.07 Å². The predicted molar refractivity (Wildman–Crippen MR) is 65.1 cm³/mol. The second kappa shape index (κ2) is 4.90. The van der Waals surface area contributed by atoms with Crippen molar-refractivity contribution in [3.8, 4) is 10.6 Å². The van der Waals surface area contributed by atoms with Gasteiger partial charge in [-0.2, -0.15) is 13.2 Å². The number of thiazole rings is 1. The predicted octanol–water partition coefficient (Wildman–Crippen LogP) is 3.74. The molecular weight excluding hydrogens is 280 g/mol. The molecule has 0 aliphatic rings. The number of hydrogen-bond acceptors (Lipinski definition) is 3. The van der Waals surface area contributed by atoms with Crippen LogP contribution in [0.15, 0.2) is 18.2 Å². The minimum absolute atomic E-state index is 0.298. The number of halogens is 4. The van der Waals surface area contributed by atoms with Gasteiger partial charge in [0.25, 0.3) is 0 Å². The van der Waals surface area contributed by atoms with E-state index in [0.717, 1.165) is 17.0 Å². The van der Waals surface area contributed by atoms with Crippen molar-refractivity contribution in [3.63, 3.8) is 0 Å². The third-order valence-electron chi connectivity index (χ3n) is 2.60. The third-order valence-corrected chi connectivity index (χ3v) is 3.83. The molecule has 0 aliphatic heterocycles. The summed E-state index contributed by atoms with van der Waals surface area (Å²) < 4.78 is 50.8. The largest absolute Gasteiger partial charge is 0.419 e. The van der Waals surface area contributed by atoms with Crippen LogP contribution in [0.4, 0.5) is 17.6 Å². The van der Waals surface area contributed by atoms with Crippen molar-refractivity contribution in [2.24, 2.45) is 5.73 Å². The van der Waals surface area contributed by atoms with Gasteiger partial charge in [0, 0.05) is 17.0 Å². The first-order valence-electron chi connectivity index (χ1n) is 5.36. The molecule has 7 heteroatoms. The van der Waals surface area contributed by atoms with Crippen molar-refractivity contribution in [3.05, 3.63) is 40.2 Å². The van der Waals surface area contributed by atoms with Crippen molar-refractivity contribution in [2.75, 3.05) is 0 Å². The molecule has 19 heavy (non-hydrogen) atoms. The number of aromatic nitrogens is 1. The van der Waals surface area contributed by atoms with E-state index in [9.17, 15) is 17.6 Å². The number of alkyl halides is 3. The van der Waals surface area contributed by atoms with Gasteiger partial charge in [0.15, 0.2) is 0 Å². The lowest BCUT2D eigenvalue weighted by molar-refractivity contribution is -0.139. The molecule has 2 N–H and O–H groups in total. The monoisotopic (exact) mass is 290 g/mol. The average molecular weight is 290 g/mol. The van der Waals surface area contributed by atoms with Crippen LogP contribution in [0.5, 0.6) is 0 Å². The van der Waals surface area contributed by atoms with Gasteiger partial charge in [0.1, 0.15) is 10.8 Å². The van der Waals surface area contributed by atoms with E-state index in [1.54, 1.807) is 6.92 Å². The Morgan fingerprint density at radius 1 is 1.32 bits per heavy atom. The van der Waals surface area contributed by atoms with Gasteiger partial charge in [-0.3, -0.25) is 0 Å². The van der Waals surface area contributed by atoms with Crippen LogP contribution < -0.4 is 5.73 Å². The van der Waals surface area contributed by atoms with Crippen LogP contribution in [0.3, 0.4) is 0 Å². The summed E-state index contributed by atoms with van der Waals surface area (Å²) in [6, 6.07) is 2.79. The number of aryl methyl sites for hydroxylation is 1. The summed E-state index contributed by atoms with van der Waals surface area (Å²) in [5.41, 5.74) is 5.26. The number of benzene rings is 1. The Morgan fingerprint density at radius 3 is 2.47 bits per heavy atom. The van der Waals surface area contributed by atoms with E-state index in [2.05, 4.69) is 4.98 Å². The Morgan fingerprint density at radius 2 is 2.00 bits per heavy atom. The van der Waals surface area contributed by atoms with Gasteiger partial charge in [0.05, 0.1) is 11.3 Å². The van der Waals surface area contributed by atoms with Gasteiger partial charge in [-0.05, 0) is 19.1 Å². The lowest BCUT2D eigenvalue weighted by Crippen LogP contribution is -2.07. The zero-order valence-electron chi connectivity index (χ0n) is 9.88. The highest BCUT2D eigenvalue weighted by molar-refractivity contribution is 7.15. The molecule has 0 spiro atoms. The quantitative estimate of drug-likeness (QED) is 0.856. The highest BCUT2D eigenvalue weighted by Crippen LogP contribution is 2.34. The van der Waals surface area contributed by atoms with Crippen molar-refractivity contribution in [1.82, 2.24) is 4.98 Å². The second-order valence-corrected chi connectivity index (χ2v) is 5.01. The molecular formula is C12H10F4N2S. The van der Waals surface area contributed by atoms with Crippen molar-refractivity contribution < 1.29 is 17.6 Å². The first-order chi connectivity index (χ1) is 8.82. The third kappa shape index (κ3) is 2.76. The maximum atomic E-state index is 13.5. The van der Waals surface area contributed by atoms with Crippen molar-refractivity contribution >= 4 is 11.3 Å². The smallest absolute Gasteiger partial charge is 0.326 e. The molecule has 1 heterocycles. The van der Waals surface area contributed by atoms with Crippen LogP contribution in [-0.4, -0.2) is 4.98 Å². The molecule has 0 saturated heterocycles. The van der Waals surface area contributed by atoms with E-state index in [4.69, 9.17) is 5.73 Å². The summed E-state index contributed by atoms with van der Waals surface area (Å²) in [7, 11) is 0. The number of nitrogens with zero attached hydrogens (tertiary/aromatic N) is 1. The molecule has 0 amide bonds. The fourth-order valence-corrected chi connectivity index (χ4v) is 2.56. The van der Waals surface area contributed by atoms with Crippen LogP contribution in [0, 0.1) is 12.7 Å². The van der Waals surface area contributed by atoms with Crippen LogP contribution in [0.25, 0.3) is 10.6 Å². The van der Waals surface area contributed by atoms with Gasteiger partial charge in [-0.25, -0.2) is 9.37 Å². The van der Waals surface area contributed by atoms with Gasteiger partial charge in [-0.15, -0.1) is 11.3 Å². The summed E-state index contributed by atoms with van der Waals surface area (Å²) in [6.07, 6.45) is -4.69. The summed E-state index contributed by atoms with van der Waals surface area (Å²) in [5.74, 6) is -1.30. The maximum absolute atomic E-state index is 13.5. The second-order valence-electron chi connectivity index (χ2n) is 3.92. The molecule has 2 rings (SSSR count). The average Bonchev–Trinajstić information content (AvgIpc) is 2.68. The molecule has 0 radical (unpaired) electrons. The van der Waals surface area contributed by atoms with Crippen molar-refractivity contribution in [2.45, 2.75) is 19.6 Å². The summed E-state index contributed by atoms with van der Waals surface area (Å²) >= 11 is 1.25. The fourth-order valence-electron chi connectivity index (χ4n) is 1.62. The van der Waals surface area contributed by atoms with E-state index in [1.807, 2.05) is 0 Å². The van der Waals surface area contributed by atoms with E-state index in [0.29, 0.717) is 22.8 Å². The number of nitrogens with two attached hydrogens (primary N) is 1. The zero-order valence-corrected chi connectivity index (χ0v) is 10.7. The molecule has 1 aromatic carbocycles. The SMILES string of the molecule is Cc1nc(-c2ccc(C(F)(F)F)c(F)c2)sc1CN.